The molecule has 0 heterocycles. The molecule has 0 aliphatic carbocycles. The molecule has 0 aliphatic rings. The molecule has 2 aromatic carbocycles. The SMILES string of the molecule is CCCCCCCC(=O)Cc1cc(NC(=O)CCCCCCC)c(NC(=O)CCCCCCC)cc1NC(=O)CCCCCCC.CCCCCCCC(=O)Cl.[Cl-].[Cl-].[Cl-].[Cl-].[NH3+]c1cc([NH3+])c([NH3+])cc1[NH3+]. The average Bonchev–Trinajstić information content (AvgIpc) is 3.27. The van der Waals surface area contributed by atoms with E-state index in [4.69, 9.17) is 11.6 Å². The van der Waals surface area contributed by atoms with Crippen molar-refractivity contribution in [3.63, 3.8) is 0 Å². The molecular formula is C53H96Cl5N7O5. The Hall–Kier alpha value is -2.52. The van der Waals surface area contributed by atoms with E-state index >= 15 is 0 Å². The highest BCUT2D eigenvalue weighted by Gasteiger charge is 2.18. The minimum atomic E-state index is -0.198. The second kappa shape index (κ2) is 51.4. The van der Waals surface area contributed by atoms with Gasteiger partial charge in [0.1, 0.15) is 5.78 Å². The molecule has 12 nitrogen and oxygen atoms in total. The predicted molar refractivity (Wildman–Crippen MR) is 275 cm³/mol. The third-order valence-electron chi connectivity index (χ3n) is 11.5. The number of hydrogen-bond acceptors (Lipinski definition) is 5. The molecule has 0 radical (unpaired) electrons. The molecule has 0 saturated heterocycles. The van der Waals surface area contributed by atoms with Crippen LogP contribution in [0.5, 0.6) is 0 Å². The molecule has 15 N–H and O–H groups in total. The van der Waals surface area contributed by atoms with Gasteiger partial charge in [0.15, 0.2) is 22.7 Å². The van der Waals surface area contributed by atoms with Crippen LogP contribution in [-0.2, 0) is 30.4 Å². The normalized spacial score (nSPS) is 10.0. The van der Waals surface area contributed by atoms with E-state index < -0.39 is 0 Å². The van der Waals surface area contributed by atoms with E-state index in [1.165, 1.54) is 32.1 Å². The molecule has 0 atom stereocenters. The lowest BCUT2D eigenvalue weighted by molar-refractivity contribution is -0.313. The maximum atomic E-state index is 13.1. The number of benzene rings is 2. The summed E-state index contributed by atoms with van der Waals surface area (Å²) >= 11 is 5.15. The van der Waals surface area contributed by atoms with Crippen LogP contribution in [0.2, 0.25) is 0 Å². The smallest absolute Gasteiger partial charge is 0.224 e. The van der Waals surface area contributed by atoms with Gasteiger partial charge in [-0.15, -0.1) is 0 Å². The van der Waals surface area contributed by atoms with Crippen molar-refractivity contribution < 1.29 is 96.5 Å². The number of ketones is 1. The second-order valence-electron chi connectivity index (χ2n) is 18.0. The monoisotopic (exact) mass is 1090 g/mol. The van der Waals surface area contributed by atoms with Crippen LogP contribution in [0, 0.1) is 0 Å². The molecule has 0 fully saturated rings. The molecule has 0 saturated carbocycles. The molecule has 0 aromatic heterocycles. The fourth-order valence-corrected chi connectivity index (χ4v) is 7.44. The zero-order valence-electron chi connectivity index (χ0n) is 44.0. The van der Waals surface area contributed by atoms with Crippen LogP contribution >= 0.6 is 11.6 Å². The Labute approximate surface area is 453 Å². The minimum absolute atomic E-state index is 0. The molecule has 2 rings (SSSR count). The molecule has 2 aromatic rings. The van der Waals surface area contributed by atoms with Crippen LogP contribution in [0.25, 0.3) is 0 Å². The van der Waals surface area contributed by atoms with E-state index in [0.29, 0.717) is 54.7 Å². The fourth-order valence-electron chi connectivity index (χ4n) is 7.30. The third-order valence-corrected chi connectivity index (χ3v) is 11.7. The summed E-state index contributed by atoms with van der Waals surface area (Å²) < 4.78 is 0. The Morgan fingerprint density at radius 2 is 0.643 bits per heavy atom. The van der Waals surface area contributed by atoms with Gasteiger partial charge in [-0.1, -0.05) is 163 Å². The lowest BCUT2D eigenvalue weighted by Crippen LogP contribution is -3.00. The minimum Gasteiger partial charge on any atom is -1.00 e. The molecular weight excluding hydrogens is 992 g/mol. The number of quaternary nitrogens is 4. The Bertz CT molecular complexity index is 1470. The maximum Gasteiger partial charge on any atom is 0.224 e. The first kappa shape index (κ1) is 76.4. The number of halogens is 5. The molecule has 0 bridgehead atoms. The van der Waals surface area contributed by atoms with E-state index in [-0.39, 0.29) is 84.8 Å². The molecule has 3 amide bonds. The van der Waals surface area contributed by atoms with E-state index in [1.54, 1.807) is 12.1 Å². The Kier molecular flexibility index (Phi) is 56.1. The van der Waals surface area contributed by atoms with Gasteiger partial charge in [0.2, 0.25) is 23.0 Å². The van der Waals surface area contributed by atoms with E-state index in [9.17, 15) is 24.0 Å². The van der Waals surface area contributed by atoms with Crippen LogP contribution in [0.4, 0.5) is 39.8 Å². The first-order valence-corrected chi connectivity index (χ1v) is 26.3. The summed E-state index contributed by atoms with van der Waals surface area (Å²) in [6, 6.07) is 7.32. The molecule has 70 heavy (non-hydrogen) atoms. The number of hydrogen-bond donors (Lipinski definition) is 7. The number of carbonyl (C=O) groups is 5. The highest BCUT2D eigenvalue weighted by Crippen LogP contribution is 2.32. The van der Waals surface area contributed by atoms with Crippen molar-refractivity contribution in [1.82, 2.24) is 0 Å². The van der Waals surface area contributed by atoms with Crippen LogP contribution in [0.15, 0.2) is 24.3 Å². The van der Waals surface area contributed by atoms with Crippen molar-refractivity contribution in [1.29, 1.82) is 0 Å². The number of unbranched alkanes of at least 4 members (excludes halogenated alkanes) is 20. The lowest BCUT2D eigenvalue weighted by atomic mass is 10.00. The standard InChI is InChI=1S/C39H67N3O4.C8H15ClO.C6H10N4.4ClH/c1-5-9-13-17-21-25-33(43)29-32-30-35(41-38(45)27-23-19-15-11-7-3)36(42-39(46)28-24-20-16-12-8-4)31-34(32)40-37(44)26-22-18-14-10-6-2;1-2-3-4-5-6-7-8(9)10;7-3-1-4(8)6(10)2-5(3)9;;;;/h30-31H,5-29H2,1-4H3,(H,40,44)(H,41,45)(H,42,46);2-7H2,1H3;1-2H,7-10H2;4*1H. The van der Waals surface area contributed by atoms with Gasteiger partial charge in [-0.25, -0.2) is 0 Å². The van der Waals surface area contributed by atoms with Crippen LogP contribution in [-0.4, -0.2) is 28.7 Å². The third kappa shape index (κ3) is 42.0. The largest absolute Gasteiger partial charge is 1.00 e. The number of Topliss-reactive ketones (excluding diaryl/α,β-unsaturated/α-hetero) is 1. The number of amides is 3. The quantitative estimate of drug-likeness (QED) is 0.0352. The van der Waals surface area contributed by atoms with Crippen molar-refractivity contribution in [2.45, 2.75) is 234 Å². The Balaban J connectivity index is -0.000000484. The van der Waals surface area contributed by atoms with Crippen LogP contribution in [0.1, 0.15) is 233 Å². The molecule has 0 aliphatic heterocycles. The summed E-state index contributed by atoms with van der Waals surface area (Å²) in [5.41, 5.74) is 21.0. The zero-order valence-corrected chi connectivity index (χ0v) is 47.8. The predicted octanol–water partition coefficient (Wildman–Crippen LogP) is -0.636. The van der Waals surface area contributed by atoms with Gasteiger partial charge in [0.05, 0.1) is 23.5 Å². The molecule has 17 heteroatoms. The van der Waals surface area contributed by atoms with Crippen molar-refractivity contribution in [2.75, 3.05) is 16.0 Å². The topological polar surface area (TPSA) is 232 Å². The van der Waals surface area contributed by atoms with Crippen molar-refractivity contribution >= 4 is 80.2 Å². The summed E-state index contributed by atoms with van der Waals surface area (Å²) in [6.45, 7) is 10.9. The van der Waals surface area contributed by atoms with Crippen molar-refractivity contribution in [3.8, 4) is 0 Å². The van der Waals surface area contributed by atoms with Crippen LogP contribution in [0.3, 0.4) is 0 Å². The summed E-state index contributed by atoms with van der Waals surface area (Å²) in [7, 11) is 0. The number of rotatable bonds is 35. The van der Waals surface area contributed by atoms with Gasteiger partial charge >= 0.3 is 0 Å². The van der Waals surface area contributed by atoms with E-state index in [2.05, 4.69) is 73.5 Å². The van der Waals surface area contributed by atoms with Crippen LogP contribution < -0.4 is 88.5 Å². The number of anilines is 3. The highest BCUT2D eigenvalue weighted by atomic mass is 35.5. The number of nitrogens with one attached hydrogen (secondary N) is 3. The second-order valence-corrected chi connectivity index (χ2v) is 18.4. The summed E-state index contributed by atoms with van der Waals surface area (Å²) in [4.78, 5) is 62.4. The van der Waals surface area contributed by atoms with Gasteiger partial charge in [-0.05, 0) is 61.4 Å². The van der Waals surface area contributed by atoms with Gasteiger partial charge in [0, 0.05) is 44.2 Å². The fraction of sp³-hybridized carbons (Fsp3) is 0.679. The van der Waals surface area contributed by atoms with E-state index in [1.807, 2.05) is 12.1 Å². The number of carbonyl (C=O) groups excluding carboxylic acids is 5. The summed E-state index contributed by atoms with van der Waals surface area (Å²) in [6.07, 6.45) is 29.3. The van der Waals surface area contributed by atoms with E-state index in [0.717, 1.165) is 151 Å². The average molecular weight is 1090 g/mol. The van der Waals surface area contributed by atoms with Gasteiger partial charge in [0.25, 0.3) is 0 Å². The first-order chi connectivity index (χ1) is 31.7. The Morgan fingerprint density at radius 3 is 0.957 bits per heavy atom. The lowest BCUT2D eigenvalue weighted by Gasteiger charge is -2.19. The Morgan fingerprint density at radius 1 is 0.371 bits per heavy atom. The van der Waals surface area contributed by atoms with Gasteiger partial charge in [-0.3, -0.25) is 24.0 Å². The van der Waals surface area contributed by atoms with Crippen molar-refractivity contribution in [2.24, 2.45) is 0 Å². The maximum absolute atomic E-state index is 13.1. The highest BCUT2D eigenvalue weighted by molar-refractivity contribution is 6.63. The van der Waals surface area contributed by atoms with Gasteiger partial charge in [-0.2, -0.15) is 0 Å². The molecule has 0 spiro atoms. The first-order valence-electron chi connectivity index (χ1n) is 25.9. The van der Waals surface area contributed by atoms with Crippen molar-refractivity contribution in [3.05, 3.63) is 29.8 Å². The van der Waals surface area contributed by atoms with Gasteiger partial charge < -0.3 is 88.5 Å². The zero-order chi connectivity index (χ0) is 49.4. The molecule has 0 unspecified atom stereocenters. The molecule has 408 valence electrons. The summed E-state index contributed by atoms with van der Waals surface area (Å²) in [5, 5.41) is 8.90. The summed E-state index contributed by atoms with van der Waals surface area (Å²) in [5.74, 6) is -0.204.